The second-order valence-corrected chi connectivity index (χ2v) is 4.98. The van der Waals surface area contributed by atoms with Gasteiger partial charge in [0.25, 0.3) is 5.91 Å². The number of hydrogen-bond acceptors (Lipinski definition) is 4. The highest BCUT2D eigenvalue weighted by Crippen LogP contribution is 2.14. The molecule has 0 saturated heterocycles. The number of halogens is 1. The van der Waals surface area contributed by atoms with Crippen LogP contribution in [0.4, 0.5) is 0 Å². The molecule has 2 aromatic heterocycles. The Balaban J connectivity index is 1.98. The molecule has 3 aromatic rings. The number of nitrogens with one attached hydrogen (secondary N) is 1. The lowest BCUT2D eigenvalue weighted by molar-refractivity contribution is 0.0953. The third-order valence-electron chi connectivity index (χ3n) is 3.14. The number of nitrogen functional groups attached to an aromatic ring is 1. The molecule has 0 unspecified atom stereocenters. The Kier molecular flexibility index (Phi) is 3.55. The van der Waals surface area contributed by atoms with Gasteiger partial charge in [0.05, 0.1) is 5.56 Å². The highest BCUT2D eigenvalue weighted by molar-refractivity contribution is 6.30. The van der Waals surface area contributed by atoms with E-state index in [4.69, 9.17) is 17.4 Å². The number of amides is 1. The standard InChI is InChI=1S/C14H12ClN5O/c15-11-4-1-9(2-5-11)7-13-19-18-12-6-3-10(8-20(12)13)14(21)17-16/h1-6,8H,7,16H2,(H,17,21). The Morgan fingerprint density at radius 2 is 1.95 bits per heavy atom. The number of rotatable bonds is 3. The largest absolute Gasteiger partial charge is 0.290 e. The van der Waals surface area contributed by atoms with Gasteiger partial charge in [0.1, 0.15) is 5.82 Å². The summed E-state index contributed by atoms with van der Waals surface area (Å²) in [6.45, 7) is 0. The molecule has 6 nitrogen and oxygen atoms in total. The highest BCUT2D eigenvalue weighted by atomic mass is 35.5. The maximum atomic E-state index is 11.6. The van der Waals surface area contributed by atoms with Crippen molar-refractivity contribution in [1.82, 2.24) is 20.0 Å². The lowest BCUT2D eigenvalue weighted by Crippen LogP contribution is -2.30. The maximum Gasteiger partial charge on any atom is 0.266 e. The van der Waals surface area contributed by atoms with Crippen LogP contribution in [0.1, 0.15) is 21.7 Å². The Hall–Kier alpha value is -2.44. The molecule has 0 aliphatic heterocycles. The van der Waals surface area contributed by atoms with Crippen LogP contribution in [0.5, 0.6) is 0 Å². The van der Waals surface area contributed by atoms with Crippen LogP contribution in [0.3, 0.4) is 0 Å². The second kappa shape index (κ2) is 5.51. The van der Waals surface area contributed by atoms with Crippen molar-refractivity contribution in [2.45, 2.75) is 6.42 Å². The molecule has 21 heavy (non-hydrogen) atoms. The molecule has 0 saturated carbocycles. The van der Waals surface area contributed by atoms with Crippen LogP contribution in [0.2, 0.25) is 5.02 Å². The molecule has 1 aromatic carbocycles. The molecule has 0 aliphatic rings. The number of nitrogens with two attached hydrogens (primary N) is 1. The minimum atomic E-state index is -0.358. The average Bonchev–Trinajstić information content (AvgIpc) is 2.91. The summed E-state index contributed by atoms with van der Waals surface area (Å²) in [5.41, 5.74) is 4.28. The van der Waals surface area contributed by atoms with Crippen molar-refractivity contribution in [3.05, 3.63) is 64.6 Å². The average molecular weight is 302 g/mol. The zero-order valence-electron chi connectivity index (χ0n) is 11.0. The van der Waals surface area contributed by atoms with Gasteiger partial charge in [-0.3, -0.25) is 14.6 Å². The van der Waals surface area contributed by atoms with Gasteiger partial charge >= 0.3 is 0 Å². The van der Waals surface area contributed by atoms with E-state index < -0.39 is 0 Å². The quantitative estimate of drug-likeness (QED) is 0.437. The van der Waals surface area contributed by atoms with Crippen molar-refractivity contribution in [3.8, 4) is 0 Å². The van der Waals surface area contributed by atoms with E-state index in [1.165, 1.54) is 0 Å². The molecule has 0 atom stereocenters. The second-order valence-electron chi connectivity index (χ2n) is 4.54. The molecule has 106 valence electrons. The summed E-state index contributed by atoms with van der Waals surface area (Å²) < 4.78 is 1.78. The highest BCUT2D eigenvalue weighted by Gasteiger charge is 2.10. The minimum Gasteiger partial charge on any atom is -0.290 e. The topological polar surface area (TPSA) is 85.3 Å². The first-order valence-electron chi connectivity index (χ1n) is 6.26. The lowest BCUT2D eigenvalue weighted by Gasteiger charge is -2.03. The van der Waals surface area contributed by atoms with E-state index in [1.54, 1.807) is 22.7 Å². The van der Waals surface area contributed by atoms with Gasteiger partial charge in [-0.05, 0) is 29.8 Å². The zero-order chi connectivity index (χ0) is 14.8. The maximum absolute atomic E-state index is 11.6. The third kappa shape index (κ3) is 2.72. The van der Waals surface area contributed by atoms with Crippen molar-refractivity contribution >= 4 is 23.2 Å². The molecule has 0 aliphatic carbocycles. The first-order chi connectivity index (χ1) is 10.2. The molecule has 0 fully saturated rings. The predicted octanol–water partition coefficient (Wildman–Crippen LogP) is 1.58. The first kappa shape index (κ1) is 13.5. The van der Waals surface area contributed by atoms with Gasteiger partial charge in [0.2, 0.25) is 0 Å². The van der Waals surface area contributed by atoms with Crippen molar-refractivity contribution < 1.29 is 4.79 Å². The summed E-state index contributed by atoms with van der Waals surface area (Å²) >= 11 is 5.87. The van der Waals surface area contributed by atoms with Crippen LogP contribution in [0.15, 0.2) is 42.6 Å². The summed E-state index contributed by atoms with van der Waals surface area (Å²) in [6, 6.07) is 10.9. The molecule has 3 N–H and O–H groups in total. The summed E-state index contributed by atoms with van der Waals surface area (Å²) in [7, 11) is 0. The van der Waals surface area contributed by atoms with Gasteiger partial charge in [-0.15, -0.1) is 10.2 Å². The molecule has 0 spiro atoms. The number of hydrogen-bond donors (Lipinski definition) is 2. The van der Waals surface area contributed by atoms with E-state index in [9.17, 15) is 4.79 Å². The van der Waals surface area contributed by atoms with Crippen LogP contribution in [-0.4, -0.2) is 20.5 Å². The van der Waals surface area contributed by atoms with Crippen LogP contribution in [0, 0.1) is 0 Å². The monoisotopic (exact) mass is 301 g/mol. The number of nitrogens with zero attached hydrogens (tertiary/aromatic N) is 3. The third-order valence-corrected chi connectivity index (χ3v) is 3.39. The molecule has 7 heteroatoms. The predicted molar refractivity (Wildman–Crippen MR) is 78.9 cm³/mol. The van der Waals surface area contributed by atoms with Gasteiger partial charge < -0.3 is 0 Å². The SMILES string of the molecule is NNC(=O)c1ccc2nnc(Cc3ccc(Cl)cc3)n2c1. The van der Waals surface area contributed by atoms with Gasteiger partial charge in [0.15, 0.2) is 5.65 Å². The summed E-state index contributed by atoms with van der Waals surface area (Å²) in [6.07, 6.45) is 2.26. The van der Waals surface area contributed by atoms with Crippen LogP contribution < -0.4 is 11.3 Å². The molecule has 0 radical (unpaired) electrons. The van der Waals surface area contributed by atoms with E-state index in [-0.39, 0.29) is 5.91 Å². The number of benzene rings is 1. The fourth-order valence-electron chi connectivity index (χ4n) is 2.06. The Morgan fingerprint density at radius 3 is 2.67 bits per heavy atom. The number of carbonyl (C=O) groups is 1. The number of fused-ring (bicyclic) bond motifs is 1. The Bertz CT molecular complexity index is 797. The van der Waals surface area contributed by atoms with Crippen molar-refractivity contribution in [1.29, 1.82) is 0 Å². The van der Waals surface area contributed by atoms with E-state index in [0.717, 1.165) is 11.4 Å². The van der Waals surface area contributed by atoms with E-state index >= 15 is 0 Å². The normalized spacial score (nSPS) is 10.8. The Labute approximate surface area is 125 Å². The van der Waals surface area contributed by atoms with Gasteiger partial charge in [-0.25, -0.2) is 5.84 Å². The smallest absolute Gasteiger partial charge is 0.266 e. The molecular formula is C14H12ClN5O. The molecule has 1 amide bonds. The molecular weight excluding hydrogens is 290 g/mol. The first-order valence-corrected chi connectivity index (χ1v) is 6.64. The summed E-state index contributed by atoms with van der Waals surface area (Å²) in [4.78, 5) is 11.6. The number of hydrazine groups is 1. The van der Waals surface area contributed by atoms with Gasteiger partial charge in [-0.2, -0.15) is 0 Å². The fraction of sp³-hybridized carbons (Fsp3) is 0.0714. The van der Waals surface area contributed by atoms with Gasteiger partial charge in [-0.1, -0.05) is 23.7 Å². The summed E-state index contributed by atoms with van der Waals surface area (Å²) in [5.74, 6) is 5.52. The van der Waals surface area contributed by atoms with Gasteiger partial charge in [0, 0.05) is 17.6 Å². The fourth-order valence-corrected chi connectivity index (χ4v) is 2.19. The van der Waals surface area contributed by atoms with Crippen LogP contribution in [0.25, 0.3) is 5.65 Å². The number of aromatic nitrogens is 3. The van der Waals surface area contributed by atoms with E-state index in [1.807, 2.05) is 24.3 Å². The Morgan fingerprint density at radius 1 is 1.19 bits per heavy atom. The molecule has 0 bridgehead atoms. The minimum absolute atomic E-state index is 0.358. The van der Waals surface area contributed by atoms with Crippen LogP contribution in [-0.2, 0) is 6.42 Å². The van der Waals surface area contributed by atoms with Crippen molar-refractivity contribution in [2.24, 2.45) is 5.84 Å². The summed E-state index contributed by atoms with van der Waals surface area (Å²) in [5, 5.41) is 8.93. The molecule has 3 rings (SSSR count). The van der Waals surface area contributed by atoms with E-state index in [0.29, 0.717) is 22.7 Å². The zero-order valence-corrected chi connectivity index (χ0v) is 11.7. The number of pyridine rings is 1. The van der Waals surface area contributed by atoms with Crippen LogP contribution >= 0.6 is 11.6 Å². The lowest BCUT2D eigenvalue weighted by atomic mass is 10.1. The van der Waals surface area contributed by atoms with Crippen molar-refractivity contribution in [2.75, 3.05) is 0 Å². The molecule has 2 heterocycles. The van der Waals surface area contributed by atoms with Crippen molar-refractivity contribution in [3.63, 3.8) is 0 Å². The number of carbonyl (C=O) groups excluding carboxylic acids is 1. The van der Waals surface area contributed by atoms with E-state index in [2.05, 4.69) is 15.6 Å².